The number of aryl methyl sites for hydroxylation is 2. The van der Waals surface area contributed by atoms with E-state index in [1.165, 1.54) is 22.4 Å². The Morgan fingerprint density at radius 2 is 1.95 bits per heavy atom. The minimum absolute atomic E-state index is 0.906. The summed E-state index contributed by atoms with van der Waals surface area (Å²) in [7, 11) is 1.97. The molecule has 3 nitrogen and oxygen atoms in total. The van der Waals surface area contributed by atoms with Gasteiger partial charge in [-0.2, -0.15) is 5.10 Å². The van der Waals surface area contributed by atoms with Crippen LogP contribution in [0.5, 0.6) is 0 Å². The third kappa shape index (κ3) is 2.56. The zero-order valence-electron chi connectivity index (χ0n) is 12.5. The minimum Gasteiger partial charge on any atom is -0.316 e. The van der Waals surface area contributed by atoms with Gasteiger partial charge < -0.3 is 5.32 Å². The first-order valence-electron chi connectivity index (χ1n) is 6.88. The van der Waals surface area contributed by atoms with Gasteiger partial charge in [0, 0.05) is 12.2 Å². The summed E-state index contributed by atoms with van der Waals surface area (Å²) < 4.78 is 2.06. The molecule has 1 N–H and O–H groups in total. The van der Waals surface area contributed by atoms with Gasteiger partial charge in [0.1, 0.15) is 0 Å². The first-order chi connectivity index (χ1) is 9.08. The largest absolute Gasteiger partial charge is 0.316 e. The molecule has 102 valence electrons. The summed E-state index contributed by atoms with van der Waals surface area (Å²) in [6, 6.07) is 6.55. The van der Waals surface area contributed by atoms with Crippen LogP contribution in [0.2, 0.25) is 0 Å². The van der Waals surface area contributed by atoms with Gasteiger partial charge >= 0.3 is 0 Å². The molecular formula is C16H23N3. The van der Waals surface area contributed by atoms with Crippen molar-refractivity contribution in [3.05, 3.63) is 46.3 Å². The molecule has 0 unspecified atom stereocenters. The lowest BCUT2D eigenvalue weighted by molar-refractivity contribution is 0.803. The molecule has 1 aromatic heterocycles. The van der Waals surface area contributed by atoms with E-state index < -0.39 is 0 Å². The fourth-order valence-corrected chi connectivity index (χ4v) is 2.64. The van der Waals surface area contributed by atoms with E-state index in [0.29, 0.717) is 0 Å². The molecule has 0 saturated heterocycles. The van der Waals surface area contributed by atoms with Crippen LogP contribution in [0.1, 0.15) is 35.0 Å². The number of aromatic nitrogens is 2. The highest BCUT2D eigenvalue weighted by Gasteiger charge is 2.11. The van der Waals surface area contributed by atoms with Crippen molar-refractivity contribution in [2.24, 2.45) is 0 Å². The monoisotopic (exact) mass is 257 g/mol. The number of hydrogen-bond donors (Lipinski definition) is 1. The smallest absolute Gasteiger partial charge is 0.0651 e. The number of nitrogens with one attached hydrogen (secondary N) is 1. The van der Waals surface area contributed by atoms with E-state index in [4.69, 9.17) is 0 Å². The Labute approximate surface area is 115 Å². The Morgan fingerprint density at radius 1 is 1.21 bits per heavy atom. The Bertz CT molecular complexity index is 582. The zero-order valence-corrected chi connectivity index (χ0v) is 12.5. The van der Waals surface area contributed by atoms with Crippen LogP contribution in [0.4, 0.5) is 0 Å². The second-order valence-electron chi connectivity index (χ2n) is 5.06. The summed E-state index contributed by atoms with van der Waals surface area (Å²) in [6.07, 6.45) is 1.04. The molecule has 2 aromatic rings. The topological polar surface area (TPSA) is 29.9 Å². The molecule has 0 atom stereocenters. The molecule has 0 aliphatic rings. The second kappa shape index (κ2) is 5.57. The van der Waals surface area contributed by atoms with Crippen molar-refractivity contribution in [3.63, 3.8) is 0 Å². The summed E-state index contributed by atoms with van der Waals surface area (Å²) in [5, 5.41) is 7.86. The molecule has 0 bridgehead atoms. The Hall–Kier alpha value is -1.61. The quantitative estimate of drug-likeness (QED) is 0.912. The van der Waals surface area contributed by atoms with Gasteiger partial charge in [-0.05, 0) is 63.1 Å². The standard InChI is InChI=1S/C16H23N3/c1-6-16-12(3)18-19(13(16)4)15-8-7-14(10-17-5)11(2)9-15/h7-9,17H,6,10H2,1-5H3. The normalized spacial score (nSPS) is 11.0. The Morgan fingerprint density at radius 3 is 2.47 bits per heavy atom. The number of nitrogens with zero attached hydrogens (tertiary/aromatic N) is 2. The molecule has 0 amide bonds. The second-order valence-corrected chi connectivity index (χ2v) is 5.06. The van der Waals surface area contributed by atoms with Crippen LogP contribution in [0.25, 0.3) is 5.69 Å². The lowest BCUT2D eigenvalue weighted by atomic mass is 10.1. The van der Waals surface area contributed by atoms with Gasteiger partial charge in [-0.1, -0.05) is 13.0 Å². The third-order valence-electron chi connectivity index (χ3n) is 3.73. The van der Waals surface area contributed by atoms with E-state index in [9.17, 15) is 0 Å². The molecule has 0 saturated carbocycles. The van der Waals surface area contributed by atoms with E-state index in [-0.39, 0.29) is 0 Å². The summed E-state index contributed by atoms with van der Waals surface area (Å²) in [6.45, 7) is 9.48. The van der Waals surface area contributed by atoms with Crippen LogP contribution in [-0.4, -0.2) is 16.8 Å². The van der Waals surface area contributed by atoms with Crippen molar-refractivity contribution < 1.29 is 0 Å². The van der Waals surface area contributed by atoms with Gasteiger partial charge in [-0.3, -0.25) is 0 Å². The van der Waals surface area contributed by atoms with Gasteiger partial charge in [0.25, 0.3) is 0 Å². The maximum atomic E-state index is 4.67. The SMILES string of the molecule is CCc1c(C)nn(-c2ccc(CNC)c(C)c2)c1C. The molecule has 0 aliphatic heterocycles. The predicted octanol–water partition coefficient (Wildman–Crippen LogP) is 3.08. The number of rotatable bonds is 4. The van der Waals surface area contributed by atoms with Crippen molar-refractivity contribution in [1.29, 1.82) is 0 Å². The van der Waals surface area contributed by atoms with Crippen LogP contribution in [-0.2, 0) is 13.0 Å². The lowest BCUT2D eigenvalue weighted by Crippen LogP contribution is -2.07. The average molecular weight is 257 g/mol. The molecular weight excluding hydrogens is 234 g/mol. The fourth-order valence-electron chi connectivity index (χ4n) is 2.64. The fraction of sp³-hybridized carbons (Fsp3) is 0.438. The van der Waals surface area contributed by atoms with Crippen LogP contribution >= 0.6 is 0 Å². The molecule has 1 aromatic carbocycles. The first kappa shape index (κ1) is 13.8. The number of benzene rings is 1. The molecule has 3 heteroatoms. The van der Waals surface area contributed by atoms with Gasteiger partial charge in [0.15, 0.2) is 0 Å². The van der Waals surface area contributed by atoms with Crippen LogP contribution < -0.4 is 5.32 Å². The van der Waals surface area contributed by atoms with E-state index in [2.05, 4.69) is 61.0 Å². The lowest BCUT2D eigenvalue weighted by Gasteiger charge is -2.10. The van der Waals surface area contributed by atoms with Gasteiger partial charge in [0.05, 0.1) is 11.4 Å². The Balaban J connectivity index is 2.45. The molecule has 1 heterocycles. The Kier molecular flexibility index (Phi) is 4.05. The maximum Gasteiger partial charge on any atom is 0.0651 e. The van der Waals surface area contributed by atoms with Crippen molar-refractivity contribution in [1.82, 2.24) is 15.1 Å². The summed E-state index contributed by atoms with van der Waals surface area (Å²) in [4.78, 5) is 0. The first-order valence-corrected chi connectivity index (χ1v) is 6.88. The molecule has 0 fully saturated rings. The minimum atomic E-state index is 0.906. The molecule has 2 rings (SSSR count). The van der Waals surface area contributed by atoms with Gasteiger partial charge in [-0.25, -0.2) is 4.68 Å². The highest BCUT2D eigenvalue weighted by atomic mass is 15.3. The molecule has 0 spiro atoms. The van der Waals surface area contributed by atoms with Crippen LogP contribution in [0.3, 0.4) is 0 Å². The predicted molar refractivity (Wildman–Crippen MR) is 79.9 cm³/mol. The van der Waals surface area contributed by atoms with E-state index in [0.717, 1.165) is 24.3 Å². The van der Waals surface area contributed by atoms with Crippen molar-refractivity contribution >= 4 is 0 Å². The number of hydrogen-bond acceptors (Lipinski definition) is 2. The molecule has 0 radical (unpaired) electrons. The maximum absolute atomic E-state index is 4.67. The highest BCUT2D eigenvalue weighted by molar-refractivity contribution is 5.42. The van der Waals surface area contributed by atoms with Crippen molar-refractivity contribution in [3.8, 4) is 5.69 Å². The summed E-state index contributed by atoms with van der Waals surface area (Å²) in [5.41, 5.74) is 7.54. The molecule has 19 heavy (non-hydrogen) atoms. The van der Waals surface area contributed by atoms with E-state index >= 15 is 0 Å². The third-order valence-corrected chi connectivity index (χ3v) is 3.73. The van der Waals surface area contributed by atoms with E-state index in [1.807, 2.05) is 7.05 Å². The van der Waals surface area contributed by atoms with Crippen molar-refractivity contribution in [2.75, 3.05) is 7.05 Å². The van der Waals surface area contributed by atoms with Gasteiger partial charge in [-0.15, -0.1) is 0 Å². The van der Waals surface area contributed by atoms with Crippen molar-refractivity contribution in [2.45, 2.75) is 40.7 Å². The van der Waals surface area contributed by atoms with E-state index in [1.54, 1.807) is 0 Å². The molecule has 0 aliphatic carbocycles. The highest BCUT2D eigenvalue weighted by Crippen LogP contribution is 2.20. The van der Waals surface area contributed by atoms with Crippen LogP contribution in [0.15, 0.2) is 18.2 Å². The van der Waals surface area contributed by atoms with Crippen LogP contribution in [0, 0.1) is 20.8 Å². The zero-order chi connectivity index (χ0) is 14.0. The van der Waals surface area contributed by atoms with Gasteiger partial charge in [0.2, 0.25) is 0 Å². The summed E-state index contributed by atoms with van der Waals surface area (Å²) >= 11 is 0. The summed E-state index contributed by atoms with van der Waals surface area (Å²) in [5.74, 6) is 0. The average Bonchev–Trinajstić information content (AvgIpc) is 2.67.